The van der Waals surface area contributed by atoms with Crippen LogP contribution >= 0.6 is 27.5 Å². The Labute approximate surface area is 132 Å². The molecule has 2 nitrogen and oxygen atoms in total. The fourth-order valence-electron chi connectivity index (χ4n) is 1.99. The maximum absolute atomic E-state index is 12.3. The Morgan fingerprint density at radius 2 is 1.95 bits per heavy atom. The number of nitrogens with one attached hydrogen (secondary N) is 1. The van der Waals surface area contributed by atoms with Gasteiger partial charge in [-0.05, 0) is 46.1 Å². The normalized spacial score (nSPS) is 11.9. The molecule has 0 heterocycles. The average Bonchev–Trinajstić information content (AvgIpc) is 2.48. The second-order valence-corrected chi connectivity index (χ2v) is 5.74. The molecule has 0 bridgehead atoms. The van der Waals surface area contributed by atoms with Gasteiger partial charge in [-0.1, -0.05) is 48.9 Å². The topological polar surface area (TPSA) is 29.1 Å². The Morgan fingerprint density at radius 1 is 1.25 bits per heavy atom. The minimum Gasteiger partial charge on any atom is -0.345 e. The summed E-state index contributed by atoms with van der Waals surface area (Å²) in [5, 5.41) is 3.57. The molecule has 0 aromatic heterocycles. The van der Waals surface area contributed by atoms with Crippen molar-refractivity contribution in [1.29, 1.82) is 0 Å². The molecule has 0 aliphatic rings. The van der Waals surface area contributed by atoms with E-state index in [0.717, 1.165) is 16.5 Å². The maximum Gasteiger partial charge on any atom is 0.251 e. The van der Waals surface area contributed by atoms with Crippen molar-refractivity contribution in [2.75, 3.05) is 0 Å². The lowest BCUT2D eigenvalue weighted by Gasteiger charge is -2.17. The molecular weight excluding hydrogens is 338 g/mol. The molecule has 0 aliphatic heterocycles. The third-order valence-electron chi connectivity index (χ3n) is 3.10. The molecule has 104 valence electrons. The van der Waals surface area contributed by atoms with Gasteiger partial charge >= 0.3 is 0 Å². The molecule has 1 N–H and O–H groups in total. The van der Waals surface area contributed by atoms with E-state index in [-0.39, 0.29) is 11.9 Å². The van der Waals surface area contributed by atoms with Crippen LogP contribution in [0.5, 0.6) is 0 Å². The third kappa shape index (κ3) is 3.62. The first-order valence-corrected chi connectivity index (χ1v) is 7.59. The molecule has 1 amide bonds. The molecule has 0 spiro atoms. The molecule has 2 aromatic rings. The van der Waals surface area contributed by atoms with Crippen molar-refractivity contribution < 1.29 is 4.79 Å². The van der Waals surface area contributed by atoms with Crippen molar-refractivity contribution in [3.63, 3.8) is 0 Å². The molecule has 2 aromatic carbocycles. The Kier molecular flexibility index (Phi) is 5.21. The van der Waals surface area contributed by atoms with Crippen LogP contribution in [0.4, 0.5) is 0 Å². The van der Waals surface area contributed by atoms with Gasteiger partial charge in [0, 0.05) is 10.0 Å². The Hall–Kier alpha value is -1.32. The van der Waals surface area contributed by atoms with E-state index < -0.39 is 0 Å². The summed E-state index contributed by atoms with van der Waals surface area (Å²) in [4.78, 5) is 12.3. The number of carbonyl (C=O) groups excluding carboxylic acids is 1. The number of rotatable bonds is 4. The van der Waals surface area contributed by atoms with Crippen molar-refractivity contribution in [2.45, 2.75) is 19.4 Å². The highest BCUT2D eigenvalue weighted by Gasteiger charge is 2.14. The van der Waals surface area contributed by atoms with Gasteiger partial charge in [0.2, 0.25) is 0 Å². The van der Waals surface area contributed by atoms with Crippen molar-refractivity contribution in [2.24, 2.45) is 0 Å². The van der Waals surface area contributed by atoms with Gasteiger partial charge in [0.1, 0.15) is 0 Å². The van der Waals surface area contributed by atoms with Gasteiger partial charge in [-0.25, -0.2) is 0 Å². The van der Waals surface area contributed by atoms with Crippen LogP contribution in [0.3, 0.4) is 0 Å². The van der Waals surface area contributed by atoms with E-state index in [4.69, 9.17) is 11.6 Å². The standard InChI is InChI=1S/C16H15BrClNO/c1-2-15(11-6-4-3-5-7-11)19-16(20)12-8-9-13(17)14(18)10-12/h3-10,15H,2H2,1H3,(H,19,20). The van der Waals surface area contributed by atoms with Gasteiger partial charge in [0.15, 0.2) is 0 Å². The highest BCUT2D eigenvalue weighted by atomic mass is 79.9. The predicted molar refractivity (Wildman–Crippen MR) is 86.1 cm³/mol. The van der Waals surface area contributed by atoms with E-state index in [1.54, 1.807) is 18.2 Å². The molecule has 0 aliphatic carbocycles. The quantitative estimate of drug-likeness (QED) is 0.825. The molecule has 1 unspecified atom stereocenters. The zero-order valence-corrected chi connectivity index (χ0v) is 13.4. The van der Waals surface area contributed by atoms with Gasteiger partial charge in [-0.15, -0.1) is 0 Å². The lowest BCUT2D eigenvalue weighted by molar-refractivity contribution is 0.0935. The summed E-state index contributed by atoms with van der Waals surface area (Å²) in [6.45, 7) is 2.05. The summed E-state index contributed by atoms with van der Waals surface area (Å²) < 4.78 is 0.783. The number of carbonyl (C=O) groups is 1. The monoisotopic (exact) mass is 351 g/mol. The van der Waals surface area contributed by atoms with Crippen LogP contribution in [0.25, 0.3) is 0 Å². The van der Waals surface area contributed by atoms with Gasteiger partial charge in [0.25, 0.3) is 5.91 Å². The summed E-state index contributed by atoms with van der Waals surface area (Å²) in [5.41, 5.74) is 1.67. The summed E-state index contributed by atoms with van der Waals surface area (Å²) in [6, 6.07) is 15.1. The van der Waals surface area contributed by atoms with Gasteiger partial charge in [-0.3, -0.25) is 4.79 Å². The Balaban J connectivity index is 2.15. The molecule has 1 atom stereocenters. The number of benzene rings is 2. The molecule has 4 heteroatoms. The first-order chi connectivity index (χ1) is 9.61. The first kappa shape index (κ1) is 15.1. The molecular formula is C16H15BrClNO. The highest BCUT2D eigenvalue weighted by Crippen LogP contribution is 2.24. The van der Waals surface area contributed by atoms with Gasteiger partial charge in [-0.2, -0.15) is 0 Å². The molecule has 0 fully saturated rings. The Bertz CT molecular complexity index is 601. The van der Waals surface area contributed by atoms with Crippen LogP contribution < -0.4 is 5.32 Å². The minimum absolute atomic E-state index is 0.00567. The average molecular weight is 353 g/mol. The van der Waals surface area contributed by atoms with Crippen molar-refractivity contribution >= 4 is 33.4 Å². The lowest BCUT2D eigenvalue weighted by atomic mass is 10.0. The number of halogens is 2. The highest BCUT2D eigenvalue weighted by molar-refractivity contribution is 9.10. The summed E-state index contributed by atoms with van der Waals surface area (Å²) in [5.74, 6) is -0.116. The second-order valence-electron chi connectivity index (χ2n) is 4.47. The first-order valence-electron chi connectivity index (χ1n) is 6.42. The number of hydrogen-bond donors (Lipinski definition) is 1. The molecule has 0 saturated carbocycles. The molecule has 0 radical (unpaired) electrons. The van der Waals surface area contributed by atoms with Crippen LogP contribution in [0.1, 0.15) is 35.3 Å². The maximum atomic E-state index is 12.3. The smallest absolute Gasteiger partial charge is 0.251 e. The largest absolute Gasteiger partial charge is 0.345 e. The van der Waals surface area contributed by atoms with Crippen molar-refractivity contribution in [3.05, 3.63) is 69.2 Å². The van der Waals surface area contributed by atoms with E-state index in [0.29, 0.717) is 10.6 Å². The van der Waals surface area contributed by atoms with E-state index in [2.05, 4.69) is 21.2 Å². The Morgan fingerprint density at radius 3 is 2.55 bits per heavy atom. The van der Waals surface area contributed by atoms with Crippen LogP contribution in [-0.4, -0.2) is 5.91 Å². The van der Waals surface area contributed by atoms with Gasteiger partial charge < -0.3 is 5.32 Å². The van der Waals surface area contributed by atoms with Crippen LogP contribution in [-0.2, 0) is 0 Å². The third-order valence-corrected chi connectivity index (χ3v) is 4.33. The zero-order chi connectivity index (χ0) is 14.5. The predicted octanol–water partition coefficient (Wildman–Crippen LogP) is 4.98. The van der Waals surface area contributed by atoms with E-state index in [1.807, 2.05) is 37.3 Å². The lowest BCUT2D eigenvalue weighted by Crippen LogP contribution is -2.28. The second kappa shape index (κ2) is 6.91. The molecule has 0 saturated heterocycles. The van der Waals surface area contributed by atoms with Crippen LogP contribution in [0, 0.1) is 0 Å². The number of hydrogen-bond acceptors (Lipinski definition) is 1. The van der Waals surface area contributed by atoms with Crippen molar-refractivity contribution in [3.8, 4) is 0 Å². The summed E-state index contributed by atoms with van der Waals surface area (Å²) in [6.07, 6.45) is 0.833. The van der Waals surface area contributed by atoms with E-state index in [9.17, 15) is 4.79 Å². The fraction of sp³-hybridized carbons (Fsp3) is 0.188. The molecule has 2 rings (SSSR count). The summed E-state index contributed by atoms with van der Waals surface area (Å²) >= 11 is 9.33. The zero-order valence-electron chi connectivity index (χ0n) is 11.1. The van der Waals surface area contributed by atoms with Crippen LogP contribution in [0.15, 0.2) is 53.0 Å². The van der Waals surface area contributed by atoms with Gasteiger partial charge in [0.05, 0.1) is 11.1 Å². The van der Waals surface area contributed by atoms with E-state index in [1.165, 1.54) is 0 Å². The van der Waals surface area contributed by atoms with E-state index >= 15 is 0 Å². The van der Waals surface area contributed by atoms with Crippen molar-refractivity contribution in [1.82, 2.24) is 5.32 Å². The fourth-order valence-corrected chi connectivity index (χ4v) is 2.41. The SMILES string of the molecule is CCC(NC(=O)c1ccc(Br)c(Cl)c1)c1ccccc1. The minimum atomic E-state index is -0.116. The summed E-state index contributed by atoms with van der Waals surface area (Å²) in [7, 11) is 0. The van der Waals surface area contributed by atoms with Crippen LogP contribution in [0.2, 0.25) is 5.02 Å². The number of amides is 1. The molecule has 20 heavy (non-hydrogen) atoms.